The Kier molecular flexibility index (Phi) is 11.0. The van der Waals surface area contributed by atoms with Crippen LogP contribution < -0.4 is 16.0 Å². The average Bonchev–Trinajstić information content (AvgIpc) is 2.30. The predicted molar refractivity (Wildman–Crippen MR) is 81.2 cm³/mol. The first kappa shape index (κ1) is 19.2. The molecule has 0 unspecified atom stereocenters. The molecule has 3 N–H and O–H groups in total. The van der Waals surface area contributed by atoms with Crippen LogP contribution in [0.25, 0.3) is 0 Å². The van der Waals surface area contributed by atoms with Crippen LogP contribution in [0.15, 0.2) is 24.3 Å². The first-order chi connectivity index (χ1) is 6.92. The van der Waals surface area contributed by atoms with Gasteiger partial charge in [-0.05, 0) is 11.6 Å². The molecule has 0 spiro atoms. The van der Waals surface area contributed by atoms with E-state index in [2.05, 4.69) is 28.4 Å². The fourth-order valence-electron chi connectivity index (χ4n) is 1.90. The molecule has 2 rings (SSSR count). The molecule has 100 valence electrons. The number of nitrogens with zero attached hydrogens (tertiary/aromatic N) is 1. The summed E-state index contributed by atoms with van der Waals surface area (Å²) in [6.07, 6.45) is 0. The molecule has 0 saturated carbocycles. The molecule has 1 aromatic rings. The molecular weight excluding hydrogens is 281 g/mol. The Labute approximate surface area is 121 Å². The van der Waals surface area contributed by atoms with Gasteiger partial charge in [-0.2, -0.15) is 0 Å². The van der Waals surface area contributed by atoms with Gasteiger partial charge in [0.1, 0.15) is 0 Å². The molecule has 1 aromatic carbocycles. The van der Waals surface area contributed by atoms with Crippen molar-refractivity contribution in [1.29, 1.82) is 0 Å². The minimum absolute atomic E-state index is 0. The minimum atomic E-state index is 0. The van der Waals surface area contributed by atoms with Crippen LogP contribution in [0.3, 0.4) is 0 Å². The Balaban J connectivity index is 0. The van der Waals surface area contributed by atoms with Crippen molar-refractivity contribution >= 4 is 42.9 Å². The van der Waals surface area contributed by atoms with E-state index in [9.17, 15) is 0 Å². The van der Waals surface area contributed by atoms with Crippen LogP contribution in [0.2, 0.25) is 0 Å². The fraction of sp³-hybridized carbons (Fsp3) is 0.455. The Morgan fingerprint density at radius 2 is 1.65 bits per heavy atom. The number of rotatable bonds is 2. The predicted octanol–water partition coefficient (Wildman–Crippen LogP) is 1.82. The highest BCUT2D eigenvalue weighted by Gasteiger charge is 2.12. The third-order valence-electron chi connectivity index (χ3n) is 2.67. The molecule has 1 fully saturated rings. The van der Waals surface area contributed by atoms with E-state index < -0.39 is 0 Å². The molecule has 0 atom stereocenters. The van der Waals surface area contributed by atoms with E-state index in [0.29, 0.717) is 6.54 Å². The highest BCUT2D eigenvalue weighted by Crippen LogP contribution is 2.19. The molecular formula is C11H20Cl3N3. The van der Waals surface area contributed by atoms with Crippen molar-refractivity contribution in [3.05, 3.63) is 29.8 Å². The maximum Gasteiger partial charge on any atom is 0.0412 e. The number of para-hydroxylation sites is 1. The molecule has 1 aliphatic heterocycles. The van der Waals surface area contributed by atoms with E-state index in [0.717, 1.165) is 26.2 Å². The van der Waals surface area contributed by atoms with E-state index in [1.807, 2.05) is 6.07 Å². The third kappa shape index (κ3) is 4.90. The number of piperazine rings is 1. The molecule has 3 nitrogen and oxygen atoms in total. The van der Waals surface area contributed by atoms with Gasteiger partial charge in [-0.3, -0.25) is 0 Å². The second-order valence-electron chi connectivity index (χ2n) is 3.57. The van der Waals surface area contributed by atoms with Crippen molar-refractivity contribution < 1.29 is 0 Å². The lowest BCUT2D eigenvalue weighted by Crippen LogP contribution is -2.43. The van der Waals surface area contributed by atoms with Crippen LogP contribution in [0.1, 0.15) is 5.56 Å². The molecule has 17 heavy (non-hydrogen) atoms. The topological polar surface area (TPSA) is 41.3 Å². The van der Waals surface area contributed by atoms with E-state index in [-0.39, 0.29) is 37.2 Å². The fourth-order valence-corrected chi connectivity index (χ4v) is 1.90. The van der Waals surface area contributed by atoms with Crippen molar-refractivity contribution in [3.63, 3.8) is 0 Å². The average molecular weight is 301 g/mol. The molecule has 0 aromatic heterocycles. The number of benzene rings is 1. The second kappa shape index (κ2) is 9.80. The first-order valence-corrected chi connectivity index (χ1v) is 5.15. The first-order valence-electron chi connectivity index (χ1n) is 5.15. The van der Waals surface area contributed by atoms with Gasteiger partial charge in [-0.25, -0.2) is 0 Å². The van der Waals surface area contributed by atoms with Crippen molar-refractivity contribution in [1.82, 2.24) is 5.32 Å². The summed E-state index contributed by atoms with van der Waals surface area (Å²) in [5, 5.41) is 3.35. The highest BCUT2D eigenvalue weighted by molar-refractivity contribution is 5.86. The van der Waals surface area contributed by atoms with Crippen LogP contribution in [0.5, 0.6) is 0 Å². The summed E-state index contributed by atoms with van der Waals surface area (Å²) in [6, 6.07) is 8.40. The Hall–Kier alpha value is -0.190. The number of halogens is 3. The van der Waals surface area contributed by atoms with Gasteiger partial charge in [0, 0.05) is 38.4 Å². The summed E-state index contributed by atoms with van der Waals surface area (Å²) >= 11 is 0. The zero-order valence-electron chi connectivity index (χ0n) is 9.59. The van der Waals surface area contributed by atoms with Gasteiger partial charge in [-0.15, -0.1) is 37.2 Å². The van der Waals surface area contributed by atoms with E-state index in [1.54, 1.807) is 0 Å². The van der Waals surface area contributed by atoms with Gasteiger partial charge in [0.2, 0.25) is 0 Å². The molecule has 0 bridgehead atoms. The quantitative estimate of drug-likeness (QED) is 0.875. The van der Waals surface area contributed by atoms with Gasteiger partial charge in [0.05, 0.1) is 0 Å². The molecule has 0 radical (unpaired) electrons. The number of nitrogens with two attached hydrogens (primary N) is 1. The van der Waals surface area contributed by atoms with Crippen LogP contribution >= 0.6 is 37.2 Å². The normalized spacial score (nSPS) is 14.1. The van der Waals surface area contributed by atoms with Crippen molar-refractivity contribution in [2.45, 2.75) is 6.54 Å². The van der Waals surface area contributed by atoms with Crippen molar-refractivity contribution in [2.24, 2.45) is 5.73 Å². The second-order valence-corrected chi connectivity index (χ2v) is 3.57. The van der Waals surface area contributed by atoms with E-state index in [4.69, 9.17) is 5.73 Å². The molecule has 1 heterocycles. The van der Waals surface area contributed by atoms with Gasteiger partial charge in [0.15, 0.2) is 0 Å². The van der Waals surface area contributed by atoms with E-state index >= 15 is 0 Å². The summed E-state index contributed by atoms with van der Waals surface area (Å²) in [5.74, 6) is 0. The Bertz CT molecular complexity index is 304. The van der Waals surface area contributed by atoms with Crippen LogP contribution in [0.4, 0.5) is 5.69 Å². The van der Waals surface area contributed by atoms with E-state index in [1.165, 1.54) is 11.3 Å². The van der Waals surface area contributed by atoms with Gasteiger partial charge >= 0.3 is 0 Å². The molecule has 0 aliphatic carbocycles. The summed E-state index contributed by atoms with van der Waals surface area (Å²) in [7, 11) is 0. The van der Waals surface area contributed by atoms with Crippen LogP contribution in [-0.2, 0) is 6.54 Å². The summed E-state index contributed by atoms with van der Waals surface area (Å²) < 4.78 is 0. The smallest absolute Gasteiger partial charge is 0.0412 e. The number of anilines is 1. The lowest BCUT2D eigenvalue weighted by atomic mass is 10.1. The standard InChI is InChI=1S/C11H17N3.3ClH/c12-9-10-3-1-2-4-11(10)14-7-5-13-6-8-14;;;/h1-4,13H,5-9,12H2;3*1H. The maximum absolute atomic E-state index is 5.72. The van der Waals surface area contributed by atoms with Crippen LogP contribution in [-0.4, -0.2) is 26.2 Å². The van der Waals surface area contributed by atoms with Crippen molar-refractivity contribution in [2.75, 3.05) is 31.1 Å². The lowest BCUT2D eigenvalue weighted by molar-refractivity contribution is 0.588. The molecule has 1 aliphatic rings. The molecule has 6 heteroatoms. The lowest BCUT2D eigenvalue weighted by Gasteiger charge is -2.30. The zero-order chi connectivity index (χ0) is 9.80. The van der Waals surface area contributed by atoms with Crippen LogP contribution in [0, 0.1) is 0 Å². The largest absolute Gasteiger partial charge is 0.369 e. The van der Waals surface area contributed by atoms with Gasteiger partial charge in [-0.1, -0.05) is 18.2 Å². The molecule has 0 amide bonds. The Morgan fingerprint density at radius 1 is 1.06 bits per heavy atom. The number of hydrogen-bond acceptors (Lipinski definition) is 3. The third-order valence-corrected chi connectivity index (χ3v) is 2.67. The summed E-state index contributed by atoms with van der Waals surface area (Å²) in [6.45, 7) is 4.92. The minimum Gasteiger partial charge on any atom is -0.369 e. The Morgan fingerprint density at radius 3 is 2.24 bits per heavy atom. The summed E-state index contributed by atoms with van der Waals surface area (Å²) in [5.41, 5.74) is 8.26. The number of hydrogen-bond donors (Lipinski definition) is 2. The number of nitrogens with one attached hydrogen (secondary N) is 1. The molecule has 1 saturated heterocycles. The highest BCUT2D eigenvalue weighted by atomic mass is 35.5. The zero-order valence-corrected chi connectivity index (χ0v) is 12.0. The van der Waals surface area contributed by atoms with Crippen molar-refractivity contribution in [3.8, 4) is 0 Å². The maximum atomic E-state index is 5.72. The monoisotopic (exact) mass is 299 g/mol. The summed E-state index contributed by atoms with van der Waals surface area (Å²) in [4.78, 5) is 2.40. The van der Waals surface area contributed by atoms with Gasteiger partial charge < -0.3 is 16.0 Å². The van der Waals surface area contributed by atoms with Gasteiger partial charge in [0.25, 0.3) is 0 Å². The SMILES string of the molecule is Cl.Cl.Cl.NCc1ccccc1N1CCNCC1.